The molecule has 0 unspecified atom stereocenters. The molecule has 0 atom stereocenters. The molecule has 0 bridgehead atoms. The summed E-state index contributed by atoms with van der Waals surface area (Å²) in [5, 5.41) is 16.0. The van der Waals surface area contributed by atoms with Crippen molar-refractivity contribution in [1.82, 2.24) is 34.9 Å². The molecule has 1 aliphatic heterocycles. The molecule has 1 saturated heterocycles. The van der Waals surface area contributed by atoms with Crippen molar-refractivity contribution in [2.24, 2.45) is 4.99 Å². The number of aryl methyl sites for hydroxylation is 1. The first-order valence-electron chi connectivity index (χ1n) is 10.2. The monoisotopic (exact) mass is 396 g/mol. The predicted molar refractivity (Wildman–Crippen MR) is 111 cm³/mol. The van der Waals surface area contributed by atoms with Gasteiger partial charge in [0.2, 0.25) is 0 Å². The molecule has 9 heteroatoms. The molecule has 3 aromatic heterocycles. The Morgan fingerprint density at radius 2 is 2.07 bits per heavy atom. The van der Waals surface area contributed by atoms with E-state index in [1.807, 2.05) is 41.8 Å². The molecule has 0 spiro atoms. The van der Waals surface area contributed by atoms with Crippen molar-refractivity contribution >= 4 is 11.6 Å². The first-order valence-corrected chi connectivity index (χ1v) is 10.2. The fourth-order valence-corrected chi connectivity index (χ4v) is 3.59. The summed E-state index contributed by atoms with van der Waals surface area (Å²) < 4.78 is 7.19. The Labute approximate surface area is 170 Å². The third-order valence-electron chi connectivity index (χ3n) is 5.05. The Bertz CT molecular complexity index is 954. The molecule has 9 nitrogen and oxygen atoms in total. The summed E-state index contributed by atoms with van der Waals surface area (Å²) in [5.74, 6) is 2.77. The number of guanidine groups is 1. The molecule has 0 amide bonds. The first-order chi connectivity index (χ1) is 14.2. The number of nitrogens with zero attached hydrogens (tertiary/aromatic N) is 7. The molecule has 29 heavy (non-hydrogen) atoms. The van der Waals surface area contributed by atoms with E-state index in [2.05, 4.69) is 37.4 Å². The normalized spacial score (nSPS) is 15.9. The average molecular weight is 396 g/mol. The van der Waals surface area contributed by atoms with Crippen LogP contribution in [0.15, 0.2) is 40.0 Å². The van der Waals surface area contributed by atoms with Gasteiger partial charge in [0.1, 0.15) is 11.6 Å². The topological polar surface area (TPSA) is 87.1 Å². The molecule has 0 aliphatic carbocycles. The second-order valence-corrected chi connectivity index (χ2v) is 7.22. The van der Waals surface area contributed by atoms with Gasteiger partial charge in [-0.15, -0.1) is 10.2 Å². The van der Waals surface area contributed by atoms with E-state index in [1.165, 1.54) is 0 Å². The molecule has 154 valence electrons. The van der Waals surface area contributed by atoms with Crippen LogP contribution in [-0.4, -0.2) is 74.8 Å². The van der Waals surface area contributed by atoms with Gasteiger partial charge < -0.3 is 14.7 Å². The highest BCUT2D eigenvalue weighted by Gasteiger charge is 2.20. The molecule has 0 radical (unpaired) electrons. The lowest BCUT2D eigenvalue weighted by Crippen LogP contribution is -2.52. The molecule has 3 aromatic rings. The van der Waals surface area contributed by atoms with Crippen molar-refractivity contribution < 1.29 is 4.52 Å². The molecule has 1 fully saturated rings. The van der Waals surface area contributed by atoms with Crippen molar-refractivity contribution in [3.8, 4) is 0 Å². The highest BCUT2D eigenvalue weighted by Crippen LogP contribution is 2.10. The van der Waals surface area contributed by atoms with Crippen LogP contribution in [0, 0.1) is 6.92 Å². The van der Waals surface area contributed by atoms with Gasteiger partial charge in [-0.2, -0.15) is 0 Å². The summed E-state index contributed by atoms with van der Waals surface area (Å²) >= 11 is 0. The Morgan fingerprint density at radius 3 is 2.83 bits per heavy atom. The third-order valence-corrected chi connectivity index (χ3v) is 5.05. The van der Waals surface area contributed by atoms with Crippen LogP contribution in [0.1, 0.15) is 24.2 Å². The van der Waals surface area contributed by atoms with Crippen molar-refractivity contribution in [2.45, 2.75) is 26.8 Å². The first kappa shape index (κ1) is 19.4. The number of rotatable bonds is 6. The zero-order valence-electron chi connectivity index (χ0n) is 17.1. The van der Waals surface area contributed by atoms with E-state index >= 15 is 0 Å². The Balaban J connectivity index is 1.32. The summed E-state index contributed by atoms with van der Waals surface area (Å²) in [6.45, 7) is 10.2. The van der Waals surface area contributed by atoms with Gasteiger partial charge in [-0.3, -0.25) is 14.3 Å². The van der Waals surface area contributed by atoms with Crippen LogP contribution < -0.4 is 5.32 Å². The van der Waals surface area contributed by atoms with Gasteiger partial charge in [-0.25, -0.2) is 0 Å². The Kier molecular flexibility index (Phi) is 6.04. The van der Waals surface area contributed by atoms with Gasteiger partial charge >= 0.3 is 0 Å². The van der Waals surface area contributed by atoms with Crippen molar-refractivity contribution in [3.63, 3.8) is 0 Å². The maximum Gasteiger partial charge on any atom is 0.194 e. The van der Waals surface area contributed by atoms with E-state index in [4.69, 9.17) is 9.52 Å². The number of piperazine rings is 1. The van der Waals surface area contributed by atoms with E-state index in [9.17, 15) is 0 Å². The van der Waals surface area contributed by atoms with Gasteiger partial charge in [0, 0.05) is 64.5 Å². The molecular weight excluding hydrogens is 368 g/mol. The number of hydrogen-bond donors (Lipinski definition) is 1. The van der Waals surface area contributed by atoms with Gasteiger partial charge in [-0.05, 0) is 26.0 Å². The maximum atomic E-state index is 5.17. The van der Waals surface area contributed by atoms with E-state index in [-0.39, 0.29) is 0 Å². The van der Waals surface area contributed by atoms with Crippen LogP contribution >= 0.6 is 0 Å². The highest BCUT2D eigenvalue weighted by atomic mass is 16.5. The SMILES string of the molecule is CCNC(=NCCc1nnc2ccccn12)N1CCN(Cc2cc(C)on2)CC1. The average Bonchev–Trinajstić information content (AvgIpc) is 3.34. The smallest absolute Gasteiger partial charge is 0.194 e. The minimum absolute atomic E-state index is 0.677. The second-order valence-electron chi connectivity index (χ2n) is 7.22. The summed E-state index contributed by atoms with van der Waals surface area (Å²) in [6, 6.07) is 7.93. The van der Waals surface area contributed by atoms with Crippen molar-refractivity contribution in [2.75, 3.05) is 39.3 Å². The summed E-state index contributed by atoms with van der Waals surface area (Å²) in [4.78, 5) is 9.57. The molecule has 4 heterocycles. The zero-order chi connectivity index (χ0) is 20.1. The van der Waals surface area contributed by atoms with E-state index in [0.29, 0.717) is 6.54 Å². The lowest BCUT2D eigenvalue weighted by Gasteiger charge is -2.36. The molecule has 0 aromatic carbocycles. The van der Waals surface area contributed by atoms with Crippen LogP contribution in [0.25, 0.3) is 5.65 Å². The van der Waals surface area contributed by atoms with Crippen LogP contribution in [0.5, 0.6) is 0 Å². The highest BCUT2D eigenvalue weighted by molar-refractivity contribution is 5.80. The second kappa shape index (κ2) is 9.04. The standard InChI is InChI=1S/C20H28N8O/c1-3-21-20(22-8-7-19-24-23-18-6-4-5-9-28(18)19)27-12-10-26(11-13-27)15-17-14-16(2)29-25-17/h4-6,9,14H,3,7-8,10-13,15H2,1-2H3,(H,21,22). The largest absolute Gasteiger partial charge is 0.361 e. The zero-order valence-corrected chi connectivity index (χ0v) is 17.1. The lowest BCUT2D eigenvalue weighted by atomic mass is 10.3. The van der Waals surface area contributed by atoms with E-state index in [0.717, 1.165) is 74.6 Å². The third kappa shape index (κ3) is 4.73. The molecule has 4 rings (SSSR count). The van der Waals surface area contributed by atoms with Gasteiger partial charge in [-0.1, -0.05) is 11.2 Å². The number of aromatic nitrogens is 4. The van der Waals surface area contributed by atoms with Gasteiger partial charge in [0.15, 0.2) is 11.6 Å². The minimum atomic E-state index is 0.677. The van der Waals surface area contributed by atoms with E-state index < -0.39 is 0 Å². The molecule has 1 aliphatic rings. The fourth-order valence-electron chi connectivity index (χ4n) is 3.59. The Morgan fingerprint density at radius 1 is 1.21 bits per heavy atom. The van der Waals surface area contributed by atoms with Crippen LogP contribution in [0.4, 0.5) is 0 Å². The Hall–Kier alpha value is -2.94. The number of pyridine rings is 1. The fraction of sp³-hybridized carbons (Fsp3) is 0.500. The van der Waals surface area contributed by atoms with E-state index in [1.54, 1.807) is 0 Å². The maximum absolute atomic E-state index is 5.17. The van der Waals surface area contributed by atoms with Crippen LogP contribution in [0.3, 0.4) is 0 Å². The molecular formula is C20H28N8O. The lowest BCUT2D eigenvalue weighted by molar-refractivity contribution is 0.169. The number of nitrogens with one attached hydrogen (secondary N) is 1. The van der Waals surface area contributed by atoms with Crippen LogP contribution in [-0.2, 0) is 13.0 Å². The van der Waals surface area contributed by atoms with Gasteiger partial charge in [0.25, 0.3) is 0 Å². The summed E-state index contributed by atoms with van der Waals surface area (Å²) in [5.41, 5.74) is 1.87. The van der Waals surface area contributed by atoms with Crippen LogP contribution in [0.2, 0.25) is 0 Å². The molecule has 1 N–H and O–H groups in total. The predicted octanol–water partition coefficient (Wildman–Crippen LogP) is 1.35. The number of hydrogen-bond acceptors (Lipinski definition) is 6. The quantitative estimate of drug-likeness (QED) is 0.497. The number of fused-ring (bicyclic) bond motifs is 1. The van der Waals surface area contributed by atoms with Crippen molar-refractivity contribution in [3.05, 3.63) is 47.7 Å². The van der Waals surface area contributed by atoms with Gasteiger partial charge in [0.05, 0.1) is 5.69 Å². The van der Waals surface area contributed by atoms with Crippen molar-refractivity contribution in [1.29, 1.82) is 0 Å². The summed E-state index contributed by atoms with van der Waals surface area (Å²) in [6.07, 6.45) is 2.75. The minimum Gasteiger partial charge on any atom is -0.361 e. The molecule has 0 saturated carbocycles. The summed E-state index contributed by atoms with van der Waals surface area (Å²) in [7, 11) is 0. The number of aliphatic imine (C=N–C) groups is 1.